The molecule has 0 saturated heterocycles. The van der Waals surface area contributed by atoms with Gasteiger partial charge in [-0.15, -0.1) is 0 Å². The molecule has 1 heterocycles. The highest BCUT2D eigenvalue weighted by atomic mass is 79.9. The molecule has 1 aromatic heterocycles. The second-order valence-corrected chi connectivity index (χ2v) is 4.82. The van der Waals surface area contributed by atoms with E-state index in [1.807, 2.05) is 23.7 Å². The van der Waals surface area contributed by atoms with Crippen LogP contribution in [0.15, 0.2) is 22.8 Å². The van der Waals surface area contributed by atoms with Crippen LogP contribution in [0, 0.1) is 0 Å². The fourth-order valence-corrected chi connectivity index (χ4v) is 2.42. The summed E-state index contributed by atoms with van der Waals surface area (Å²) in [7, 11) is 1.87. The number of fused-ring (bicyclic) bond motifs is 1. The van der Waals surface area contributed by atoms with Gasteiger partial charge >= 0.3 is 5.97 Å². The van der Waals surface area contributed by atoms with Gasteiger partial charge in [0, 0.05) is 28.6 Å². The van der Waals surface area contributed by atoms with Gasteiger partial charge in [0.15, 0.2) is 0 Å². The number of rotatable bonds is 2. The van der Waals surface area contributed by atoms with Crippen LogP contribution in [-0.4, -0.2) is 15.6 Å². The Kier molecular flexibility index (Phi) is 2.95. The van der Waals surface area contributed by atoms with Crippen LogP contribution < -0.4 is 0 Å². The number of aromatic nitrogens is 1. The number of benzene rings is 1. The molecular weight excluding hydrogens is 293 g/mol. The fraction of sp³-hybridized carbons (Fsp3) is 0.182. The van der Waals surface area contributed by atoms with Crippen molar-refractivity contribution in [1.29, 1.82) is 0 Å². The van der Waals surface area contributed by atoms with E-state index in [0.717, 1.165) is 20.9 Å². The first-order valence-electron chi connectivity index (χ1n) is 4.64. The number of aryl methyl sites for hydroxylation is 1. The zero-order valence-electron chi connectivity index (χ0n) is 8.50. The molecule has 0 atom stereocenters. The predicted molar refractivity (Wildman–Crippen MR) is 67.0 cm³/mol. The molecule has 0 aliphatic heterocycles. The minimum atomic E-state index is -0.858. The van der Waals surface area contributed by atoms with Crippen LogP contribution in [0.4, 0.5) is 0 Å². The van der Waals surface area contributed by atoms with E-state index in [9.17, 15) is 4.79 Å². The smallest absolute Gasteiger partial charge is 0.307 e. The Labute approximate surface area is 106 Å². The van der Waals surface area contributed by atoms with Gasteiger partial charge in [-0.1, -0.05) is 11.6 Å². The van der Waals surface area contributed by atoms with E-state index in [4.69, 9.17) is 16.7 Å². The highest BCUT2D eigenvalue weighted by molar-refractivity contribution is 9.10. The first-order valence-corrected chi connectivity index (χ1v) is 5.81. The molecule has 1 aromatic carbocycles. The molecule has 0 radical (unpaired) electrons. The fourth-order valence-electron chi connectivity index (χ4n) is 1.80. The lowest BCUT2D eigenvalue weighted by Crippen LogP contribution is -1.99. The van der Waals surface area contributed by atoms with Crippen molar-refractivity contribution in [1.82, 2.24) is 4.57 Å². The number of hydrogen-bond acceptors (Lipinski definition) is 1. The van der Waals surface area contributed by atoms with Crippen molar-refractivity contribution >= 4 is 44.4 Å². The van der Waals surface area contributed by atoms with Crippen molar-refractivity contribution in [3.63, 3.8) is 0 Å². The van der Waals surface area contributed by atoms with E-state index >= 15 is 0 Å². The zero-order valence-corrected chi connectivity index (χ0v) is 10.8. The topological polar surface area (TPSA) is 42.2 Å². The van der Waals surface area contributed by atoms with Crippen LogP contribution in [-0.2, 0) is 18.3 Å². The summed E-state index contributed by atoms with van der Waals surface area (Å²) in [6.07, 6.45) is 1.78. The monoisotopic (exact) mass is 301 g/mol. The molecule has 3 nitrogen and oxygen atoms in total. The number of nitrogens with zero attached hydrogens (tertiary/aromatic N) is 1. The number of hydrogen-bond donors (Lipinski definition) is 1. The Balaban J connectivity index is 2.75. The summed E-state index contributed by atoms with van der Waals surface area (Å²) in [5, 5.41) is 10.2. The van der Waals surface area contributed by atoms with E-state index in [1.54, 1.807) is 6.20 Å². The number of halogens is 2. The summed E-state index contributed by atoms with van der Waals surface area (Å²) in [5.41, 5.74) is 1.67. The quantitative estimate of drug-likeness (QED) is 0.925. The van der Waals surface area contributed by atoms with E-state index < -0.39 is 5.97 Å². The van der Waals surface area contributed by atoms with Crippen molar-refractivity contribution < 1.29 is 9.90 Å². The zero-order chi connectivity index (χ0) is 11.9. The molecule has 2 aromatic rings. The standard InChI is InChI=1S/C11H9BrClNO2/c1-14-5-6(4-9(15)16)10-8(14)3-2-7(12)11(10)13/h2-3,5H,4H2,1H3,(H,15,16). The van der Waals surface area contributed by atoms with Crippen LogP contribution in [0.1, 0.15) is 5.56 Å². The number of carbonyl (C=O) groups is 1. The maximum Gasteiger partial charge on any atom is 0.307 e. The van der Waals surface area contributed by atoms with E-state index in [1.165, 1.54) is 0 Å². The van der Waals surface area contributed by atoms with Gasteiger partial charge in [0.2, 0.25) is 0 Å². The summed E-state index contributed by atoms with van der Waals surface area (Å²) in [4.78, 5) is 10.8. The minimum absolute atomic E-state index is 0.0203. The second-order valence-electron chi connectivity index (χ2n) is 3.59. The maximum atomic E-state index is 10.8. The van der Waals surface area contributed by atoms with Crippen molar-refractivity contribution in [3.05, 3.63) is 33.4 Å². The van der Waals surface area contributed by atoms with Crippen LogP contribution in [0.2, 0.25) is 5.02 Å². The lowest BCUT2D eigenvalue weighted by atomic mass is 10.1. The van der Waals surface area contributed by atoms with E-state index in [2.05, 4.69) is 15.9 Å². The van der Waals surface area contributed by atoms with Gasteiger partial charge in [-0.3, -0.25) is 4.79 Å². The van der Waals surface area contributed by atoms with Crippen LogP contribution in [0.25, 0.3) is 10.9 Å². The first kappa shape index (κ1) is 11.5. The minimum Gasteiger partial charge on any atom is -0.481 e. The highest BCUT2D eigenvalue weighted by Gasteiger charge is 2.14. The van der Waals surface area contributed by atoms with E-state index in [-0.39, 0.29) is 6.42 Å². The van der Waals surface area contributed by atoms with Crippen LogP contribution in [0.3, 0.4) is 0 Å². The lowest BCUT2D eigenvalue weighted by molar-refractivity contribution is -0.136. The van der Waals surface area contributed by atoms with Gasteiger partial charge in [-0.25, -0.2) is 0 Å². The first-order chi connectivity index (χ1) is 7.50. The molecule has 1 N–H and O–H groups in total. The Bertz CT molecular complexity index is 577. The van der Waals surface area contributed by atoms with Gasteiger partial charge < -0.3 is 9.67 Å². The molecule has 2 rings (SSSR count). The second kappa shape index (κ2) is 4.11. The molecule has 0 aliphatic carbocycles. The molecule has 0 bridgehead atoms. The lowest BCUT2D eigenvalue weighted by Gasteiger charge is -2.01. The number of carboxylic acids is 1. The van der Waals surface area contributed by atoms with Crippen LogP contribution in [0.5, 0.6) is 0 Å². The van der Waals surface area contributed by atoms with Gasteiger partial charge in [0.1, 0.15) is 0 Å². The molecular formula is C11H9BrClNO2. The third-order valence-electron chi connectivity index (χ3n) is 2.47. The van der Waals surface area contributed by atoms with E-state index in [0.29, 0.717) is 5.02 Å². The summed E-state index contributed by atoms with van der Waals surface area (Å²) in [6, 6.07) is 3.77. The van der Waals surface area contributed by atoms with Crippen molar-refractivity contribution in [2.24, 2.45) is 7.05 Å². The van der Waals surface area contributed by atoms with Crippen molar-refractivity contribution in [3.8, 4) is 0 Å². The molecule has 0 unspecified atom stereocenters. The Morgan fingerprint density at radius 1 is 1.56 bits per heavy atom. The Morgan fingerprint density at radius 2 is 2.25 bits per heavy atom. The third kappa shape index (κ3) is 1.83. The van der Waals surface area contributed by atoms with Gasteiger partial charge in [-0.2, -0.15) is 0 Å². The molecule has 5 heteroatoms. The largest absolute Gasteiger partial charge is 0.481 e. The maximum absolute atomic E-state index is 10.8. The average molecular weight is 303 g/mol. The molecule has 0 saturated carbocycles. The Morgan fingerprint density at radius 3 is 2.88 bits per heavy atom. The molecule has 0 amide bonds. The number of carboxylic acid groups (broad SMARTS) is 1. The predicted octanol–water partition coefficient (Wildman–Crippen LogP) is 3.22. The van der Waals surface area contributed by atoms with Gasteiger partial charge in [0.25, 0.3) is 0 Å². The molecule has 0 fully saturated rings. The summed E-state index contributed by atoms with van der Waals surface area (Å²) >= 11 is 9.51. The number of aliphatic carboxylic acids is 1. The highest BCUT2D eigenvalue weighted by Crippen LogP contribution is 2.34. The van der Waals surface area contributed by atoms with Crippen molar-refractivity contribution in [2.45, 2.75) is 6.42 Å². The normalized spacial score (nSPS) is 10.9. The van der Waals surface area contributed by atoms with Gasteiger partial charge in [-0.05, 0) is 33.6 Å². The SMILES string of the molecule is Cn1cc(CC(=O)O)c2c(Cl)c(Br)ccc21. The average Bonchev–Trinajstić information content (AvgIpc) is 2.49. The molecule has 0 aliphatic rings. The summed E-state index contributed by atoms with van der Waals surface area (Å²) in [5.74, 6) is -0.858. The summed E-state index contributed by atoms with van der Waals surface area (Å²) < 4.78 is 2.66. The molecule has 16 heavy (non-hydrogen) atoms. The summed E-state index contributed by atoms with van der Waals surface area (Å²) in [6.45, 7) is 0. The third-order valence-corrected chi connectivity index (χ3v) is 3.75. The Hall–Kier alpha value is -1.000. The molecule has 0 spiro atoms. The van der Waals surface area contributed by atoms with Gasteiger partial charge in [0.05, 0.1) is 11.4 Å². The van der Waals surface area contributed by atoms with Crippen LogP contribution >= 0.6 is 27.5 Å². The molecule has 84 valence electrons. The van der Waals surface area contributed by atoms with Crippen molar-refractivity contribution in [2.75, 3.05) is 0 Å².